The number of anilines is 2. The second kappa shape index (κ2) is 12.6. The first kappa shape index (κ1) is 27.2. The molecule has 0 aliphatic heterocycles. The SMILES string of the molecule is COc1cccc(OC)c1C(=O)Nc1ccc(SC(C(=O)Nc2ccc([N+](=O)[O-])cc2)c2ccccc2)cc1. The van der Waals surface area contributed by atoms with Crippen molar-refractivity contribution in [2.45, 2.75) is 10.1 Å². The van der Waals surface area contributed by atoms with Gasteiger partial charge in [0.05, 0.1) is 19.1 Å². The highest BCUT2D eigenvalue weighted by Crippen LogP contribution is 2.37. The minimum atomic E-state index is -0.598. The van der Waals surface area contributed by atoms with Crippen molar-refractivity contribution in [1.82, 2.24) is 0 Å². The summed E-state index contributed by atoms with van der Waals surface area (Å²) < 4.78 is 10.6. The number of non-ortho nitro benzene ring substituents is 1. The van der Waals surface area contributed by atoms with Gasteiger partial charge < -0.3 is 20.1 Å². The fourth-order valence-electron chi connectivity index (χ4n) is 3.80. The van der Waals surface area contributed by atoms with E-state index in [1.165, 1.54) is 50.2 Å². The Bertz CT molecular complexity index is 1440. The lowest BCUT2D eigenvalue weighted by molar-refractivity contribution is -0.384. The second-order valence-corrected chi connectivity index (χ2v) is 9.40. The molecular formula is C29H25N3O6S. The van der Waals surface area contributed by atoms with Gasteiger partial charge in [-0.05, 0) is 54.1 Å². The van der Waals surface area contributed by atoms with E-state index >= 15 is 0 Å². The summed E-state index contributed by atoms with van der Waals surface area (Å²) in [6, 6.07) is 27.2. The van der Waals surface area contributed by atoms with Gasteiger partial charge in [-0.25, -0.2) is 0 Å². The van der Waals surface area contributed by atoms with E-state index in [4.69, 9.17) is 9.47 Å². The number of carbonyl (C=O) groups is 2. The summed E-state index contributed by atoms with van der Waals surface area (Å²) in [5, 5.41) is 16.0. The number of methoxy groups -OCH3 is 2. The van der Waals surface area contributed by atoms with E-state index in [1.807, 2.05) is 42.5 Å². The van der Waals surface area contributed by atoms with Crippen LogP contribution in [0.1, 0.15) is 21.2 Å². The van der Waals surface area contributed by atoms with Crippen molar-refractivity contribution in [1.29, 1.82) is 0 Å². The molecule has 0 bridgehead atoms. The maximum Gasteiger partial charge on any atom is 0.269 e. The van der Waals surface area contributed by atoms with Crippen molar-refractivity contribution in [3.8, 4) is 11.5 Å². The fourth-order valence-corrected chi connectivity index (χ4v) is 4.82. The predicted octanol–water partition coefficient (Wildman–Crippen LogP) is 6.34. The normalized spacial score (nSPS) is 11.2. The molecule has 0 aromatic heterocycles. The highest BCUT2D eigenvalue weighted by molar-refractivity contribution is 8.00. The third kappa shape index (κ3) is 6.74. The molecule has 0 heterocycles. The largest absolute Gasteiger partial charge is 0.496 e. The van der Waals surface area contributed by atoms with Gasteiger partial charge >= 0.3 is 0 Å². The smallest absolute Gasteiger partial charge is 0.269 e. The van der Waals surface area contributed by atoms with Crippen LogP contribution < -0.4 is 20.1 Å². The topological polar surface area (TPSA) is 120 Å². The van der Waals surface area contributed by atoms with Crippen LogP contribution in [0, 0.1) is 10.1 Å². The summed E-state index contributed by atoms with van der Waals surface area (Å²) in [6.45, 7) is 0. The van der Waals surface area contributed by atoms with Gasteiger partial charge in [0.2, 0.25) is 5.91 Å². The van der Waals surface area contributed by atoms with Crippen LogP contribution in [0.15, 0.2) is 102 Å². The highest BCUT2D eigenvalue weighted by atomic mass is 32.2. The number of hydrogen-bond donors (Lipinski definition) is 2. The number of nitro benzene ring substituents is 1. The molecule has 39 heavy (non-hydrogen) atoms. The van der Waals surface area contributed by atoms with Gasteiger partial charge in [-0.1, -0.05) is 36.4 Å². The van der Waals surface area contributed by atoms with E-state index in [0.29, 0.717) is 22.9 Å². The Balaban J connectivity index is 1.50. The van der Waals surface area contributed by atoms with E-state index < -0.39 is 10.2 Å². The van der Waals surface area contributed by atoms with Gasteiger partial charge in [0, 0.05) is 28.4 Å². The molecule has 9 nitrogen and oxygen atoms in total. The molecule has 0 saturated carbocycles. The lowest BCUT2D eigenvalue weighted by Gasteiger charge is -2.17. The van der Waals surface area contributed by atoms with Crippen LogP contribution in [-0.4, -0.2) is 31.0 Å². The third-order valence-electron chi connectivity index (χ3n) is 5.71. The molecule has 2 N–H and O–H groups in total. The van der Waals surface area contributed by atoms with Crippen LogP contribution in [0.25, 0.3) is 0 Å². The Morgan fingerprint density at radius 2 is 1.33 bits per heavy atom. The second-order valence-electron chi connectivity index (χ2n) is 8.22. The average molecular weight is 544 g/mol. The number of benzene rings is 4. The average Bonchev–Trinajstić information content (AvgIpc) is 2.96. The molecule has 4 aromatic carbocycles. The van der Waals surface area contributed by atoms with E-state index in [0.717, 1.165) is 10.5 Å². The first-order valence-electron chi connectivity index (χ1n) is 11.8. The van der Waals surface area contributed by atoms with Crippen molar-refractivity contribution in [3.63, 3.8) is 0 Å². The Hall–Kier alpha value is -4.83. The van der Waals surface area contributed by atoms with E-state index in [9.17, 15) is 19.7 Å². The molecule has 4 aromatic rings. The highest BCUT2D eigenvalue weighted by Gasteiger charge is 2.23. The van der Waals surface area contributed by atoms with Crippen molar-refractivity contribution in [2.24, 2.45) is 0 Å². The summed E-state index contributed by atoms with van der Waals surface area (Å²) in [5.41, 5.74) is 2.04. The van der Waals surface area contributed by atoms with Crippen LogP contribution >= 0.6 is 11.8 Å². The van der Waals surface area contributed by atoms with Gasteiger partial charge in [-0.2, -0.15) is 0 Å². The maximum atomic E-state index is 13.3. The number of nitrogens with zero attached hydrogens (tertiary/aromatic N) is 1. The molecule has 0 spiro atoms. The zero-order chi connectivity index (χ0) is 27.8. The van der Waals surface area contributed by atoms with Gasteiger partial charge in [-0.15, -0.1) is 11.8 Å². The van der Waals surface area contributed by atoms with Crippen molar-refractivity contribution in [3.05, 3.63) is 118 Å². The number of amides is 2. The van der Waals surface area contributed by atoms with E-state index in [2.05, 4.69) is 10.6 Å². The molecule has 0 aliphatic rings. The molecule has 0 aliphatic carbocycles. The Morgan fingerprint density at radius 3 is 1.90 bits per heavy atom. The molecule has 2 amide bonds. The van der Waals surface area contributed by atoms with Gasteiger partial charge in [0.25, 0.3) is 11.6 Å². The third-order valence-corrected chi connectivity index (χ3v) is 6.97. The fraction of sp³-hybridized carbons (Fsp3) is 0.103. The molecule has 0 radical (unpaired) electrons. The number of ether oxygens (including phenoxy) is 2. The standard InChI is InChI=1S/C29H25N3O6S/c1-37-24-9-6-10-25(38-2)26(24)28(33)30-21-13-17-23(18-14-21)39-27(19-7-4-3-5-8-19)29(34)31-20-11-15-22(16-12-20)32(35)36/h3-18,27H,1-2H3,(H,30,33)(H,31,34). The molecule has 4 rings (SSSR count). The molecule has 198 valence electrons. The summed E-state index contributed by atoms with van der Waals surface area (Å²) in [4.78, 5) is 37.5. The van der Waals surface area contributed by atoms with Crippen molar-refractivity contribution >= 4 is 40.6 Å². The number of rotatable bonds is 10. The minimum Gasteiger partial charge on any atom is -0.496 e. The zero-order valence-electron chi connectivity index (χ0n) is 21.1. The Kier molecular flexibility index (Phi) is 8.80. The predicted molar refractivity (Wildman–Crippen MR) is 151 cm³/mol. The molecule has 0 saturated heterocycles. The summed E-state index contributed by atoms with van der Waals surface area (Å²) in [6.07, 6.45) is 0. The molecule has 10 heteroatoms. The molecule has 1 unspecified atom stereocenters. The molecule has 1 atom stereocenters. The van der Waals surface area contributed by atoms with Gasteiger partial charge in [0.1, 0.15) is 22.3 Å². The first-order chi connectivity index (χ1) is 18.9. The lowest BCUT2D eigenvalue weighted by atomic mass is 10.1. The zero-order valence-corrected chi connectivity index (χ0v) is 21.9. The Morgan fingerprint density at radius 1 is 0.769 bits per heavy atom. The number of nitro groups is 1. The first-order valence-corrected chi connectivity index (χ1v) is 12.7. The number of carbonyl (C=O) groups excluding carboxylic acids is 2. The summed E-state index contributed by atoms with van der Waals surface area (Å²) in [5.74, 6) is 0.127. The lowest BCUT2D eigenvalue weighted by Crippen LogP contribution is -2.19. The molecule has 0 fully saturated rings. The van der Waals surface area contributed by atoms with Crippen LogP contribution in [0.4, 0.5) is 17.1 Å². The van der Waals surface area contributed by atoms with Gasteiger partial charge in [-0.3, -0.25) is 19.7 Å². The number of thioether (sulfide) groups is 1. The van der Waals surface area contributed by atoms with Crippen LogP contribution in [0.3, 0.4) is 0 Å². The van der Waals surface area contributed by atoms with Crippen LogP contribution in [-0.2, 0) is 4.79 Å². The number of hydrogen-bond acceptors (Lipinski definition) is 7. The maximum absolute atomic E-state index is 13.3. The van der Waals surface area contributed by atoms with E-state index in [1.54, 1.807) is 30.3 Å². The van der Waals surface area contributed by atoms with Crippen LogP contribution in [0.2, 0.25) is 0 Å². The summed E-state index contributed by atoms with van der Waals surface area (Å²) in [7, 11) is 2.97. The summed E-state index contributed by atoms with van der Waals surface area (Å²) >= 11 is 1.34. The Labute approximate surface area is 229 Å². The number of nitrogens with one attached hydrogen (secondary N) is 2. The minimum absolute atomic E-state index is 0.0571. The molecular weight excluding hydrogens is 518 g/mol. The van der Waals surface area contributed by atoms with Crippen molar-refractivity contribution < 1.29 is 24.0 Å². The van der Waals surface area contributed by atoms with Crippen LogP contribution in [0.5, 0.6) is 11.5 Å². The van der Waals surface area contributed by atoms with Crippen molar-refractivity contribution in [2.75, 3.05) is 24.9 Å². The monoisotopic (exact) mass is 543 g/mol. The quantitative estimate of drug-likeness (QED) is 0.136. The van der Waals surface area contributed by atoms with E-state index in [-0.39, 0.29) is 23.1 Å². The van der Waals surface area contributed by atoms with Gasteiger partial charge in [0.15, 0.2) is 0 Å².